The maximum absolute atomic E-state index is 13.3. The fourth-order valence-corrected chi connectivity index (χ4v) is 4.80. The number of nitrogens with zero attached hydrogens (tertiary/aromatic N) is 1. The van der Waals surface area contributed by atoms with Gasteiger partial charge in [-0.1, -0.05) is 54.6 Å². The van der Waals surface area contributed by atoms with Gasteiger partial charge >= 0.3 is 0 Å². The lowest BCUT2D eigenvalue weighted by molar-refractivity contribution is -0.131. The lowest BCUT2D eigenvalue weighted by atomic mass is 9.78. The molecule has 37 heavy (non-hydrogen) atoms. The van der Waals surface area contributed by atoms with Gasteiger partial charge in [0.1, 0.15) is 23.9 Å². The third-order valence-corrected chi connectivity index (χ3v) is 6.82. The Morgan fingerprint density at radius 3 is 2.22 bits per heavy atom. The lowest BCUT2D eigenvalue weighted by Gasteiger charge is -2.48. The van der Waals surface area contributed by atoms with Crippen LogP contribution in [0.1, 0.15) is 41.7 Å². The number of halogens is 1. The van der Waals surface area contributed by atoms with Gasteiger partial charge in [0.2, 0.25) is 5.91 Å². The number of benzene rings is 4. The van der Waals surface area contributed by atoms with E-state index in [1.54, 1.807) is 41.3 Å². The number of phenols is 1. The molecule has 0 radical (unpaired) electrons. The van der Waals surface area contributed by atoms with Gasteiger partial charge in [-0.2, -0.15) is 0 Å². The molecule has 1 aliphatic heterocycles. The number of aromatic hydroxyl groups is 1. The number of carbonyl (C=O) groups excluding carboxylic acids is 1. The van der Waals surface area contributed by atoms with Crippen molar-refractivity contribution in [2.24, 2.45) is 5.92 Å². The van der Waals surface area contributed by atoms with Gasteiger partial charge in [-0.15, -0.1) is 0 Å². The molecule has 1 amide bonds. The Morgan fingerprint density at radius 2 is 1.54 bits per heavy atom. The summed E-state index contributed by atoms with van der Waals surface area (Å²) in [7, 11) is 0. The number of aliphatic hydroxyl groups is 1. The zero-order valence-corrected chi connectivity index (χ0v) is 20.2. The Morgan fingerprint density at radius 1 is 0.865 bits per heavy atom. The number of phenolic OH excluding ortho intramolecular Hbond substituents is 1. The van der Waals surface area contributed by atoms with Crippen molar-refractivity contribution in [3.63, 3.8) is 0 Å². The molecular formula is C31H28FNO4. The second-order valence-corrected chi connectivity index (χ2v) is 9.26. The largest absolute Gasteiger partial charge is 0.508 e. The predicted molar refractivity (Wildman–Crippen MR) is 140 cm³/mol. The molecule has 0 aromatic heterocycles. The van der Waals surface area contributed by atoms with Gasteiger partial charge < -0.3 is 19.8 Å². The average Bonchev–Trinajstić information content (AvgIpc) is 2.93. The highest BCUT2D eigenvalue weighted by molar-refractivity contribution is 6.03. The van der Waals surface area contributed by atoms with Crippen LogP contribution in [0.4, 0.5) is 10.1 Å². The molecule has 0 bridgehead atoms. The number of β-lactam (4-membered cyclic amide) rings is 1. The van der Waals surface area contributed by atoms with E-state index in [1.807, 2.05) is 54.6 Å². The monoisotopic (exact) mass is 497 g/mol. The number of amides is 1. The van der Waals surface area contributed by atoms with Crippen molar-refractivity contribution in [2.75, 3.05) is 4.90 Å². The zero-order chi connectivity index (χ0) is 25.8. The van der Waals surface area contributed by atoms with E-state index in [0.717, 1.165) is 16.9 Å². The number of hydrogen-bond acceptors (Lipinski definition) is 4. The number of ether oxygens (including phenoxy) is 1. The molecular weight excluding hydrogens is 469 g/mol. The molecule has 2 unspecified atom stereocenters. The number of carbonyl (C=O) groups is 1. The maximum Gasteiger partial charge on any atom is 0.233 e. The standard InChI is InChI=1S/C31H28FNO4/c32-24-10-6-22(7-11-24)29(35)19-18-28-30(33(31(28)36)25-12-14-26(34)15-13-25)23-8-16-27(17-9-23)37-20-21-4-2-1-3-5-21/h1-17,28-30,34-35H,18-20H2/t28-,29?,30?/m1/s1. The number of aliphatic hydroxyl groups excluding tert-OH is 1. The summed E-state index contributed by atoms with van der Waals surface area (Å²) in [6, 6.07) is 29.8. The van der Waals surface area contributed by atoms with Crippen molar-refractivity contribution in [3.05, 3.63) is 126 Å². The molecule has 1 heterocycles. The van der Waals surface area contributed by atoms with Gasteiger partial charge in [-0.3, -0.25) is 4.79 Å². The Hall–Kier alpha value is -4.16. The molecule has 0 saturated carbocycles. The molecule has 3 atom stereocenters. The van der Waals surface area contributed by atoms with Gasteiger partial charge in [-0.25, -0.2) is 4.39 Å². The van der Waals surface area contributed by atoms with Crippen LogP contribution in [0.15, 0.2) is 103 Å². The van der Waals surface area contributed by atoms with Gasteiger partial charge in [0.15, 0.2) is 0 Å². The first kappa shape index (κ1) is 24.5. The molecule has 5 rings (SSSR count). The minimum atomic E-state index is -0.787. The molecule has 1 fully saturated rings. The molecule has 0 spiro atoms. The molecule has 4 aromatic rings. The van der Waals surface area contributed by atoms with Crippen LogP contribution in [0.2, 0.25) is 0 Å². The quantitative estimate of drug-likeness (QED) is 0.265. The fraction of sp³-hybridized carbons (Fsp3) is 0.194. The predicted octanol–water partition coefficient (Wildman–Crippen LogP) is 6.33. The van der Waals surface area contributed by atoms with Crippen LogP contribution < -0.4 is 9.64 Å². The maximum atomic E-state index is 13.3. The van der Waals surface area contributed by atoms with E-state index in [1.165, 1.54) is 12.1 Å². The molecule has 0 aliphatic carbocycles. The normalized spacial score (nSPS) is 17.8. The summed E-state index contributed by atoms with van der Waals surface area (Å²) < 4.78 is 19.2. The van der Waals surface area contributed by atoms with Crippen LogP contribution in [0.25, 0.3) is 0 Å². The second-order valence-electron chi connectivity index (χ2n) is 9.26. The summed E-state index contributed by atoms with van der Waals surface area (Å²) in [5, 5.41) is 20.3. The molecule has 1 aliphatic rings. The first-order chi connectivity index (χ1) is 18.0. The highest BCUT2D eigenvalue weighted by atomic mass is 19.1. The van der Waals surface area contributed by atoms with Crippen LogP contribution in [-0.4, -0.2) is 16.1 Å². The van der Waals surface area contributed by atoms with Crippen LogP contribution in [0.5, 0.6) is 11.5 Å². The van der Waals surface area contributed by atoms with E-state index in [9.17, 15) is 19.4 Å². The van der Waals surface area contributed by atoms with E-state index >= 15 is 0 Å². The Labute approximate surface area is 215 Å². The Balaban J connectivity index is 1.32. The van der Waals surface area contributed by atoms with Crippen molar-refractivity contribution in [1.82, 2.24) is 0 Å². The summed E-state index contributed by atoms with van der Waals surface area (Å²) in [6.07, 6.45) is 0.0638. The van der Waals surface area contributed by atoms with Crippen molar-refractivity contribution < 1.29 is 24.1 Å². The van der Waals surface area contributed by atoms with Crippen LogP contribution in [-0.2, 0) is 11.4 Å². The van der Waals surface area contributed by atoms with Crippen LogP contribution >= 0.6 is 0 Å². The minimum absolute atomic E-state index is 0.0357. The zero-order valence-electron chi connectivity index (χ0n) is 20.2. The SMILES string of the molecule is O=C1[C@H](CCC(O)c2ccc(F)cc2)C(c2ccc(OCc3ccccc3)cc2)N1c1ccc(O)cc1. The van der Waals surface area contributed by atoms with Crippen LogP contribution in [0.3, 0.4) is 0 Å². The molecule has 2 N–H and O–H groups in total. The summed E-state index contributed by atoms with van der Waals surface area (Å²) in [5.41, 5.74) is 3.36. The highest BCUT2D eigenvalue weighted by Crippen LogP contribution is 2.46. The van der Waals surface area contributed by atoms with Crippen molar-refractivity contribution in [1.29, 1.82) is 0 Å². The van der Waals surface area contributed by atoms with Gasteiger partial charge in [0, 0.05) is 5.69 Å². The van der Waals surface area contributed by atoms with E-state index in [2.05, 4.69) is 0 Å². The molecule has 188 valence electrons. The third kappa shape index (κ3) is 5.49. The third-order valence-electron chi connectivity index (χ3n) is 6.82. The molecule has 1 saturated heterocycles. The second kappa shape index (κ2) is 10.8. The fourth-order valence-electron chi connectivity index (χ4n) is 4.80. The van der Waals surface area contributed by atoms with Gasteiger partial charge in [-0.05, 0) is 78.1 Å². The summed E-state index contributed by atoms with van der Waals surface area (Å²) in [4.78, 5) is 15.0. The average molecular weight is 498 g/mol. The molecule has 6 heteroatoms. The Kier molecular flexibility index (Phi) is 7.19. The summed E-state index contributed by atoms with van der Waals surface area (Å²) >= 11 is 0. The van der Waals surface area contributed by atoms with Crippen molar-refractivity contribution in [2.45, 2.75) is 31.6 Å². The first-order valence-corrected chi connectivity index (χ1v) is 12.3. The highest BCUT2D eigenvalue weighted by Gasteiger charge is 2.48. The van der Waals surface area contributed by atoms with E-state index in [4.69, 9.17) is 4.74 Å². The van der Waals surface area contributed by atoms with Crippen molar-refractivity contribution in [3.8, 4) is 11.5 Å². The minimum Gasteiger partial charge on any atom is -0.508 e. The summed E-state index contributed by atoms with van der Waals surface area (Å²) in [5.74, 6) is 0.155. The molecule has 4 aromatic carbocycles. The van der Waals surface area contributed by atoms with Crippen LogP contribution in [0, 0.1) is 11.7 Å². The Bertz CT molecular complexity index is 1320. The number of rotatable bonds is 9. The number of anilines is 1. The summed E-state index contributed by atoms with van der Waals surface area (Å²) in [6.45, 7) is 0.464. The smallest absolute Gasteiger partial charge is 0.233 e. The lowest BCUT2D eigenvalue weighted by Crippen LogP contribution is -2.55. The molecule has 5 nitrogen and oxygen atoms in total. The topological polar surface area (TPSA) is 70.0 Å². The number of hydrogen-bond donors (Lipinski definition) is 2. The van der Waals surface area contributed by atoms with Crippen molar-refractivity contribution >= 4 is 11.6 Å². The van der Waals surface area contributed by atoms with E-state index < -0.39 is 6.10 Å². The van der Waals surface area contributed by atoms with Gasteiger partial charge in [0.05, 0.1) is 18.1 Å². The van der Waals surface area contributed by atoms with E-state index in [0.29, 0.717) is 30.7 Å². The first-order valence-electron chi connectivity index (χ1n) is 12.3. The van der Waals surface area contributed by atoms with Gasteiger partial charge in [0.25, 0.3) is 0 Å². The van der Waals surface area contributed by atoms with E-state index in [-0.39, 0.29) is 29.4 Å².